The molecular weight excluding hydrogens is 224 g/mol. The Hall–Kier alpha value is -0.860. The van der Waals surface area contributed by atoms with Crippen LogP contribution in [0.4, 0.5) is 0 Å². The van der Waals surface area contributed by atoms with Crippen molar-refractivity contribution in [1.29, 1.82) is 0 Å². The van der Waals surface area contributed by atoms with E-state index in [0.29, 0.717) is 6.61 Å². The molecule has 0 amide bonds. The van der Waals surface area contributed by atoms with Gasteiger partial charge in [0.1, 0.15) is 0 Å². The average molecular weight is 248 g/mol. The molecule has 2 nitrogen and oxygen atoms in total. The van der Waals surface area contributed by atoms with Gasteiger partial charge in [0.15, 0.2) is 0 Å². The van der Waals surface area contributed by atoms with Gasteiger partial charge in [0, 0.05) is 19.4 Å². The summed E-state index contributed by atoms with van der Waals surface area (Å²) in [7, 11) is 0. The zero-order valence-corrected chi connectivity index (χ0v) is 11.9. The van der Waals surface area contributed by atoms with Crippen LogP contribution in [0.3, 0.4) is 0 Å². The highest BCUT2D eigenvalue weighted by atomic mass is 16.5. The van der Waals surface area contributed by atoms with E-state index >= 15 is 0 Å². The first-order valence-electron chi connectivity index (χ1n) is 6.80. The van der Waals surface area contributed by atoms with Crippen molar-refractivity contribution in [2.24, 2.45) is 0 Å². The molecule has 100 valence electrons. The Bertz CT molecular complexity index is 416. The predicted molar refractivity (Wildman–Crippen MR) is 74.0 cm³/mol. The number of rotatable bonds is 2. The van der Waals surface area contributed by atoms with E-state index in [9.17, 15) is 5.11 Å². The lowest BCUT2D eigenvalue weighted by molar-refractivity contribution is -0.0962. The maximum atomic E-state index is 10.7. The number of hydrogen-bond acceptors (Lipinski definition) is 2. The largest absolute Gasteiger partial charge is 0.389 e. The second-order valence-electron chi connectivity index (χ2n) is 5.91. The van der Waals surface area contributed by atoms with Gasteiger partial charge in [-0.3, -0.25) is 0 Å². The molecule has 2 atom stereocenters. The minimum atomic E-state index is -0.595. The van der Waals surface area contributed by atoms with Crippen molar-refractivity contribution in [2.45, 2.75) is 58.7 Å². The maximum Gasteiger partial charge on any atom is 0.0734 e. The first-order chi connectivity index (χ1) is 8.39. The van der Waals surface area contributed by atoms with Gasteiger partial charge in [-0.05, 0) is 50.8 Å². The van der Waals surface area contributed by atoms with Crippen LogP contribution in [-0.4, -0.2) is 23.4 Å². The van der Waals surface area contributed by atoms with Crippen molar-refractivity contribution in [3.8, 4) is 0 Å². The van der Waals surface area contributed by atoms with Crippen molar-refractivity contribution >= 4 is 0 Å². The number of hydrogen-bond donors (Lipinski definition) is 1. The number of aryl methyl sites for hydroxylation is 3. The Labute approximate surface area is 110 Å². The summed E-state index contributed by atoms with van der Waals surface area (Å²) in [6, 6.07) is 4.41. The SMILES string of the molecule is Cc1cc(C)c(CC2(O)CCOC(C)C2)c(C)c1. The van der Waals surface area contributed by atoms with Gasteiger partial charge in [0.25, 0.3) is 0 Å². The van der Waals surface area contributed by atoms with Gasteiger partial charge in [-0.15, -0.1) is 0 Å². The lowest BCUT2D eigenvalue weighted by Gasteiger charge is -2.36. The Balaban J connectivity index is 2.23. The monoisotopic (exact) mass is 248 g/mol. The van der Waals surface area contributed by atoms with Crippen LogP contribution in [0, 0.1) is 20.8 Å². The second-order valence-corrected chi connectivity index (χ2v) is 5.91. The van der Waals surface area contributed by atoms with Gasteiger partial charge < -0.3 is 9.84 Å². The highest BCUT2D eigenvalue weighted by molar-refractivity contribution is 5.38. The quantitative estimate of drug-likeness (QED) is 0.871. The molecule has 0 bridgehead atoms. The summed E-state index contributed by atoms with van der Waals surface area (Å²) in [6.45, 7) is 9.11. The Morgan fingerprint density at radius 3 is 2.44 bits per heavy atom. The van der Waals surface area contributed by atoms with Crippen LogP contribution in [0.2, 0.25) is 0 Å². The van der Waals surface area contributed by atoms with Gasteiger partial charge in [-0.2, -0.15) is 0 Å². The van der Waals surface area contributed by atoms with E-state index in [-0.39, 0.29) is 6.10 Å². The summed E-state index contributed by atoms with van der Waals surface area (Å²) in [6.07, 6.45) is 2.39. The third-order valence-electron chi connectivity index (χ3n) is 3.98. The fourth-order valence-corrected chi connectivity index (χ4v) is 3.12. The summed E-state index contributed by atoms with van der Waals surface area (Å²) >= 11 is 0. The fraction of sp³-hybridized carbons (Fsp3) is 0.625. The van der Waals surface area contributed by atoms with Gasteiger partial charge >= 0.3 is 0 Å². The molecule has 0 radical (unpaired) electrons. The van der Waals surface area contributed by atoms with E-state index in [4.69, 9.17) is 4.74 Å². The molecule has 1 aliphatic rings. The van der Waals surface area contributed by atoms with E-state index < -0.39 is 5.60 Å². The lowest BCUT2D eigenvalue weighted by Crippen LogP contribution is -2.41. The number of ether oxygens (including phenoxy) is 1. The van der Waals surface area contributed by atoms with Crippen LogP contribution in [-0.2, 0) is 11.2 Å². The minimum absolute atomic E-state index is 0.162. The van der Waals surface area contributed by atoms with Crippen LogP contribution < -0.4 is 0 Å². The maximum absolute atomic E-state index is 10.7. The first kappa shape index (κ1) is 13.6. The summed E-state index contributed by atoms with van der Waals surface area (Å²) in [5.41, 5.74) is 4.58. The molecule has 18 heavy (non-hydrogen) atoms. The van der Waals surface area contributed by atoms with Crippen molar-refractivity contribution in [2.75, 3.05) is 6.61 Å². The van der Waals surface area contributed by atoms with Crippen LogP contribution in [0.15, 0.2) is 12.1 Å². The first-order valence-corrected chi connectivity index (χ1v) is 6.80. The Morgan fingerprint density at radius 1 is 1.28 bits per heavy atom. The average Bonchev–Trinajstić information content (AvgIpc) is 2.23. The lowest BCUT2D eigenvalue weighted by atomic mass is 9.82. The highest BCUT2D eigenvalue weighted by Gasteiger charge is 2.34. The van der Waals surface area contributed by atoms with Crippen LogP contribution in [0.1, 0.15) is 42.0 Å². The molecule has 1 aliphatic heterocycles. The summed E-state index contributed by atoms with van der Waals surface area (Å²) in [5, 5.41) is 10.7. The van der Waals surface area contributed by atoms with Crippen LogP contribution in [0.5, 0.6) is 0 Å². The summed E-state index contributed by atoms with van der Waals surface area (Å²) < 4.78 is 5.53. The molecule has 0 saturated carbocycles. The minimum Gasteiger partial charge on any atom is -0.389 e. The van der Waals surface area contributed by atoms with E-state index in [1.54, 1.807) is 0 Å². The molecule has 0 aliphatic carbocycles. The highest BCUT2D eigenvalue weighted by Crippen LogP contribution is 2.31. The standard InChI is InChI=1S/C16H24O2/c1-11-7-12(2)15(13(3)8-11)10-16(17)5-6-18-14(4)9-16/h7-8,14,17H,5-6,9-10H2,1-4H3. The molecule has 2 unspecified atom stereocenters. The Morgan fingerprint density at radius 2 is 1.89 bits per heavy atom. The topological polar surface area (TPSA) is 29.5 Å². The van der Waals surface area contributed by atoms with Crippen molar-refractivity contribution in [1.82, 2.24) is 0 Å². The van der Waals surface area contributed by atoms with Crippen LogP contribution in [0.25, 0.3) is 0 Å². The van der Waals surface area contributed by atoms with Gasteiger partial charge in [0.05, 0.1) is 11.7 Å². The van der Waals surface area contributed by atoms with Crippen molar-refractivity contribution < 1.29 is 9.84 Å². The third-order valence-corrected chi connectivity index (χ3v) is 3.98. The molecule has 2 heteroatoms. The van der Waals surface area contributed by atoms with E-state index in [0.717, 1.165) is 19.3 Å². The van der Waals surface area contributed by atoms with Crippen molar-refractivity contribution in [3.63, 3.8) is 0 Å². The Kier molecular flexibility index (Phi) is 3.79. The molecular formula is C16H24O2. The van der Waals surface area contributed by atoms with Gasteiger partial charge in [-0.1, -0.05) is 17.7 Å². The van der Waals surface area contributed by atoms with Gasteiger partial charge in [-0.25, -0.2) is 0 Å². The molecule has 1 N–H and O–H groups in total. The predicted octanol–water partition coefficient (Wildman–Crippen LogP) is 3.08. The normalized spacial score (nSPS) is 28.4. The fourth-order valence-electron chi connectivity index (χ4n) is 3.12. The summed E-state index contributed by atoms with van der Waals surface area (Å²) in [4.78, 5) is 0. The molecule has 2 rings (SSSR count). The van der Waals surface area contributed by atoms with E-state index in [1.165, 1.54) is 22.3 Å². The van der Waals surface area contributed by atoms with Crippen molar-refractivity contribution in [3.05, 3.63) is 34.4 Å². The van der Waals surface area contributed by atoms with Gasteiger partial charge in [0.2, 0.25) is 0 Å². The van der Waals surface area contributed by atoms with E-state index in [2.05, 4.69) is 32.9 Å². The molecule has 1 saturated heterocycles. The molecule has 1 aromatic carbocycles. The van der Waals surface area contributed by atoms with Crippen LogP contribution >= 0.6 is 0 Å². The van der Waals surface area contributed by atoms with E-state index in [1.807, 2.05) is 6.92 Å². The second kappa shape index (κ2) is 5.02. The zero-order valence-electron chi connectivity index (χ0n) is 11.9. The summed E-state index contributed by atoms with van der Waals surface area (Å²) in [5.74, 6) is 0. The number of benzene rings is 1. The molecule has 1 aromatic rings. The molecule has 1 heterocycles. The third kappa shape index (κ3) is 2.93. The molecule has 1 fully saturated rings. The zero-order chi connectivity index (χ0) is 13.3. The smallest absolute Gasteiger partial charge is 0.0734 e. The molecule has 0 aromatic heterocycles. The number of aliphatic hydroxyl groups is 1. The molecule has 0 spiro atoms.